The SMILES string of the molecule is C1CC(C2CC[N-]CC2)CC[N-]1.O.O.O.O.OC(O)C1CCC2CC(C(O)O)CCC2C1.OC(O)C1CCC2CC(C(O)O)CCC2C1.[Co].[Co].[Co].[Co].[Co].[Co].[Co].[NH2-]. The fraction of sp³-hybridized carbons (Fsp3) is 1.00. The first-order valence-corrected chi connectivity index (χ1v) is 17.8. The minimum atomic E-state index is -1.18. The van der Waals surface area contributed by atoms with Crippen LogP contribution < -0.4 is 0 Å². The number of nitrogens with zero attached hydrogens (tertiary/aromatic N) is 2. The van der Waals surface area contributed by atoms with E-state index in [1.54, 1.807) is 0 Å². The molecule has 0 bridgehead atoms. The molecule has 2 heterocycles. The molecule has 0 amide bonds. The van der Waals surface area contributed by atoms with E-state index in [-0.39, 0.29) is 169 Å². The van der Waals surface area contributed by atoms with Crippen molar-refractivity contribution in [1.29, 1.82) is 0 Å². The molecule has 6 aliphatic rings. The third-order valence-corrected chi connectivity index (χ3v) is 12.4. The van der Waals surface area contributed by atoms with Crippen molar-refractivity contribution in [3.8, 4) is 0 Å². The summed E-state index contributed by atoms with van der Waals surface area (Å²) in [6.45, 7) is 4.49. The Morgan fingerprint density at radius 3 is 0.625 bits per heavy atom. The molecule has 4 aliphatic carbocycles. The van der Waals surface area contributed by atoms with E-state index >= 15 is 0 Å². The van der Waals surface area contributed by atoms with Crippen LogP contribution in [0.4, 0.5) is 0 Å². The Morgan fingerprint density at radius 2 is 0.464 bits per heavy atom. The molecule has 8 unspecified atom stereocenters. The summed E-state index contributed by atoms with van der Waals surface area (Å²) in [5.74, 6) is 4.27. The number of fused-ring (bicyclic) bond motifs is 2. The first-order chi connectivity index (χ1) is 21.1. The number of hydrogen-bond donors (Lipinski definition) is 8. The molecule has 7 radical (unpaired) electrons. The summed E-state index contributed by atoms with van der Waals surface area (Å²) in [5.41, 5.74) is 0. The standard InChI is InChI=1S/2C12H22O4.C10H18N2.7Co.H2N.4H2O/c2*13-11(14)9-3-1-7-5-10(12(15)16)4-2-8(7)6-9;1-5-11-6-2-9(1)10-3-7-12-8-4-10;;;;;;;;;;;;/h2*7-16H,1-6H2;9-10H,1-8H2;;;;;;;;5*1H2/q;;-2;;;;;;;;-1;;;;. The van der Waals surface area contributed by atoms with Gasteiger partial charge >= 0.3 is 0 Å². The molecule has 2 saturated heterocycles. The van der Waals surface area contributed by atoms with Gasteiger partial charge in [0, 0.05) is 141 Å². The molecule has 0 spiro atoms. The molecular formula is C34H72Co7N3O12-3. The van der Waals surface area contributed by atoms with E-state index < -0.39 is 25.2 Å². The number of piperidine rings is 2. The third-order valence-electron chi connectivity index (χ3n) is 12.4. The number of hydrogen-bond acceptors (Lipinski definition) is 8. The minimum absolute atomic E-state index is 0. The Balaban J connectivity index is -0.0000000769. The van der Waals surface area contributed by atoms with Crippen LogP contribution in [0.15, 0.2) is 0 Å². The number of aliphatic hydroxyl groups is 8. The second-order valence-electron chi connectivity index (χ2n) is 15.0. The van der Waals surface area contributed by atoms with Crippen molar-refractivity contribution in [2.45, 2.75) is 128 Å². The Bertz CT molecular complexity index is 721. The molecule has 0 aromatic heterocycles. The smallest absolute Gasteiger partial charge is 0.154 e. The Morgan fingerprint density at radius 1 is 0.286 bits per heavy atom. The molecule has 361 valence electrons. The van der Waals surface area contributed by atoms with Gasteiger partial charge < -0.3 is 79.5 Å². The second-order valence-corrected chi connectivity index (χ2v) is 15.0. The molecule has 0 aromatic rings. The minimum Gasteiger partial charge on any atom is -0.693 e. The van der Waals surface area contributed by atoms with Crippen LogP contribution in [0.2, 0.25) is 0 Å². The molecule has 22 heteroatoms. The summed E-state index contributed by atoms with van der Waals surface area (Å²) in [7, 11) is 0. The Hall–Kier alpha value is 2.95. The fourth-order valence-electron chi connectivity index (χ4n) is 9.49. The summed E-state index contributed by atoms with van der Waals surface area (Å²) in [6.07, 6.45) is 11.6. The van der Waals surface area contributed by atoms with Crippen LogP contribution in [0.1, 0.15) is 103 Å². The van der Waals surface area contributed by atoms with Gasteiger partial charge in [0.05, 0.1) is 0 Å². The molecule has 8 atom stereocenters. The quantitative estimate of drug-likeness (QED) is 0.182. The van der Waals surface area contributed by atoms with E-state index in [9.17, 15) is 40.9 Å². The molecular weight excluding hydrogens is 1050 g/mol. The molecule has 15 nitrogen and oxygen atoms in total. The van der Waals surface area contributed by atoms with Gasteiger partial charge in [-0.25, -0.2) is 0 Å². The van der Waals surface area contributed by atoms with Crippen LogP contribution in [-0.4, -0.2) is 114 Å². The van der Waals surface area contributed by atoms with Gasteiger partial charge in [0.25, 0.3) is 0 Å². The Kier molecular flexibility index (Phi) is 59.4. The number of rotatable bonds is 5. The van der Waals surface area contributed by atoms with Crippen molar-refractivity contribution in [1.82, 2.24) is 0 Å². The van der Waals surface area contributed by atoms with E-state index in [4.69, 9.17) is 0 Å². The van der Waals surface area contributed by atoms with Crippen LogP contribution in [0.5, 0.6) is 0 Å². The van der Waals surface area contributed by atoms with Crippen molar-refractivity contribution < 1.29 is 180 Å². The molecule has 4 saturated carbocycles. The van der Waals surface area contributed by atoms with Crippen LogP contribution in [0.25, 0.3) is 16.8 Å². The van der Waals surface area contributed by atoms with E-state index in [0.717, 1.165) is 115 Å². The predicted octanol–water partition coefficient (Wildman–Crippen LogP) is 0.835. The van der Waals surface area contributed by atoms with Gasteiger partial charge in [-0.2, -0.15) is 0 Å². The maximum Gasteiger partial charge on any atom is 0.154 e. The van der Waals surface area contributed by atoms with Crippen molar-refractivity contribution in [2.24, 2.45) is 59.2 Å². The van der Waals surface area contributed by atoms with Crippen molar-refractivity contribution >= 4 is 0 Å². The first kappa shape index (κ1) is 79.3. The van der Waals surface area contributed by atoms with Crippen LogP contribution in [0, 0.1) is 59.2 Å². The van der Waals surface area contributed by atoms with E-state index in [2.05, 4.69) is 10.6 Å². The average Bonchev–Trinajstić information content (AvgIpc) is 3.05. The normalized spacial score (nSPS) is 29.1. The van der Waals surface area contributed by atoms with Crippen molar-refractivity contribution in [3.63, 3.8) is 0 Å². The van der Waals surface area contributed by atoms with E-state index in [1.165, 1.54) is 25.7 Å². The molecule has 0 aromatic carbocycles. The first-order valence-electron chi connectivity index (χ1n) is 17.8. The zero-order valence-corrected chi connectivity index (χ0v) is 38.9. The monoisotopic (exact) mass is 1130 g/mol. The van der Waals surface area contributed by atoms with Gasteiger partial charge in [-0.05, 0) is 113 Å². The second kappa shape index (κ2) is 41.9. The summed E-state index contributed by atoms with van der Waals surface area (Å²) < 4.78 is 0. The zero-order chi connectivity index (χ0) is 31.6. The summed E-state index contributed by atoms with van der Waals surface area (Å²) >= 11 is 0. The zero-order valence-electron chi connectivity index (χ0n) is 31.6. The number of nitrogens with two attached hydrogens (primary N) is 1. The molecule has 2 aliphatic heterocycles. The van der Waals surface area contributed by atoms with Gasteiger partial charge in [0.1, 0.15) is 0 Å². The molecule has 18 N–H and O–H groups in total. The summed E-state index contributed by atoms with van der Waals surface area (Å²) in [4.78, 5) is 0. The van der Waals surface area contributed by atoms with Gasteiger partial charge in [-0.3, -0.25) is 0 Å². The largest absolute Gasteiger partial charge is 0.693 e. The topological polar surface area (TPSA) is 350 Å². The van der Waals surface area contributed by atoms with Crippen LogP contribution in [-0.2, 0) is 117 Å². The maximum atomic E-state index is 9.18. The van der Waals surface area contributed by atoms with Gasteiger partial charge in [-0.15, -0.1) is 26.2 Å². The third kappa shape index (κ3) is 25.9. The van der Waals surface area contributed by atoms with Crippen LogP contribution >= 0.6 is 0 Å². The average molecular weight is 1130 g/mol. The Labute approximate surface area is 407 Å². The summed E-state index contributed by atoms with van der Waals surface area (Å²) in [6, 6.07) is 0. The van der Waals surface area contributed by atoms with E-state index in [1.807, 2.05) is 0 Å². The summed E-state index contributed by atoms with van der Waals surface area (Å²) in [5, 5.41) is 82.3. The van der Waals surface area contributed by atoms with Crippen LogP contribution in [0.3, 0.4) is 0 Å². The van der Waals surface area contributed by atoms with Gasteiger partial charge in [0.2, 0.25) is 0 Å². The molecule has 6 rings (SSSR count). The van der Waals surface area contributed by atoms with Gasteiger partial charge in [0.15, 0.2) is 25.2 Å². The molecule has 56 heavy (non-hydrogen) atoms. The number of aliphatic hydroxyl groups excluding tert-OH is 4. The fourth-order valence-corrected chi connectivity index (χ4v) is 9.49. The molecule has 6 fully saturated rings. The van der Waals surface area contributed by atoms with E-state index in [0.29, 0.717) is 23.7 Å². The van der Waals surface area contributed by atoms with Gasteiger partial charge in [-0.1, -0.05) is 25.7 Å². The maximum absolute atomic E-state index is 9.18. The van der Waals surface area contributed by atoms with Crippen molar-refractivity contribution in [3.05, 3.63) is 16.8 Å². The predicted molar refractivity (Wildman–Crippen MR) is 188 cm³/mol. The van der Waals surface area contributed by atoms with Crippen molar-refractivity contribution in [2.75, 3.05) is 26.2 Å².